The monoisotopic (exact) mass is 239 g/mol. The Labute approximate surface area is 94.6 Å². The van der Waals surface area contributed by atoms with E-state index in [1.54, 1.807) is 6.92 Å². The highest BCUT2D eigenvalue weighted by Crippen LogP contribution is 2.29. The van der Waals surface area contributed by atoms with Gasteiger partial charge in [-0.05, 0) is 25.1 Å². The molecular weight excluding hydrogens is 232 g/mol. The summed E-state index contributed by atoms with van der Waals surface area (Å²) in [6.45, 7) is 1.71. The van der Waals surface area contributed by atoms with Gasteiger partial charge >= 0.3 is 0 Å². The van der Waals surface area contributed by atoms with Crippen LogP contribution in [0.4, 0.5) is 8.78 Å². The van der Waals surface area contributed by atoms with Crippen molar-refractivity contribution in [3.63, 3.8) is 0 Å². The lowest BCUT2D eigenvalue weighted by molar-refractivity contribution is 0.112. The fourth-order valence-electron chi connectivity index (χ4n) is 1.40. The Morgan fingerprint density at radius 3 is 2.75 bits per heavy atom. The summed E-state index contributed by atoms with van der Waals surface area (Å²) in [7, 11) is 0. The molecular formula is C11H7F2NOS. The Morgan fingerprint density at radius 2 is 2.12 bits per heavy atom. The number of hydrogen-bond acceptors (Lipinski definition) is 3. The van der Waals surface area contributed by atoms with Crippen molar-refractivity contribution in [2.75, 3.05) is 0 Å². The van der Waals surface area contributed by atoms with Crippen LogP contribution in [0.25, 0.3) is 11.3 Å². The average Bonchev–Trinajstić information content (AvgIpc) is 2.63. The summed E-state index contributed by atoms with van der Waals surface area (Å²) in [6.07, 6.45) is 0.596. The summed E-state index contributed by atoms with van der Waals surface area (Å²) in [6, 6.07) is 3.16. The van der Waals surface area contributed by atoms with Crippen molar-refractivity contribution in [1.29, 1.82) is 0 Å². The second-order valence-corrected chi connectivity index (χ2v) is 4.43. The molecule has 0 amide bonds. The van der Waals surface area contributed by atoms with Crippen molar-refractivity contribution >= 4 is 17.6 Å². The van der Waals surface area contributed by atoms with Crippen LogP contribution in [0.5, 0.6) is 0 Å². The summed E-state index contributed by atoms with van der Waals surface area (Å²) in [5.41, 5.74) is 0.408. The molecule has 2 rings (SSSR count). The molecule has 0 saturated heterocycles. The van der Waals surface area contributed by atoms with Gasteiger partial charge in [-0.3, -0.25) is 4.79 Å². The molecule has 16 heavy (non-hydrogen) atoms. The number of rotatable bonds is 2. The Bertz CT molecular complexity index is 551. The topological polar surface area (TPSA) is 30.0 Å². The number of carbonyl (C=O) groups excluding carboxylic acids is 1. The molecule has 0 bridgehead atoms. The number of nitrogens with zero attached hydrogens (tertiary/aromatic N) is 1. The van der Waals surface area contributed by atoms with Crippen LogP contribution in [0.3, 0.4) is 0 Å². The molecule has 0 N–H and O–H groups in total. The molecule has 0 aliphatic carbocycles. The molecule has 0 aliphatic rings. The summed E-state index contributed by atoms with van der Waals surface area (Å²) in [5.74, 6) is -1.08. The minimum atomic E-state index is -0.549. The van der Waals surface area contributed by atoms with E-state index in [0.29, 0.717) is 16.9 Å². The van der Waals surface area contributed by atoms with E-state index in [2.05, 4.69) is 4.98 Å². The van der Waals surface area contributed by atoms with Crippen LogP contribution in [0, 0.1) is 18.6 Å². The van der Waals surface area contributed by atoms with Crippen LogP contribution in [-0.4, -0.2) is 11.3 Å². The molecule has 0 saturated carbocycles. The van der Waals surface area contributed by atoms with E-state index in [9.17, 15) is 13.6 Å². The third-order valence-electron chi connectivity index (χ3n) is 2.10. The maximum atomic E-state index is 13.5. The summed E-state index contributed by atoms with van der Waals surface area (Å²) in [4.78, 5) is 15.2. The Morgan fingerprint density at radius 1 is 1.38 bits per heavy atom. The lowest BCUT2D eigenvalue weighted by Crippen LogP contribution is -1.88. The molecule has 0 fully saturated rings. The van der Waals surface area contributed by atoms with Crippen LogP contribution in [0.15, 0.2) is 18.2 Å². The van der Waals surface area contributed by atoms with E-state index < -0.39 is 11.6 Å². The van der Waals surface area contributed by atoms with Crippen LogP contribution in [0.1, 0.15) is 14.7 Å². The Kier molecular flexibility index (Phi) is 2.78. The van der Waals surface area contributed by atoms with Crippen molar-refractivity contribution < 1.29 is 13.6 Å². The Hall–Kier alpha value is -1.62. The molecule has 0 unspecified atom stereocenters. The predicted molar refractivity (Wildman–Crippen MR) is 57.6 cm³/mol. The molecule has 2 nitrogen and oxygen atoms in total. The summed E-state index contributed by atoms with van der Waals surface area (Å²) < 4.78 is 26.5. The van der Waals surface area contributed by atoms with Gasteiger partial charge in [-0.2, -0.15) is 0 Å². The molecule has 5 heteroatoms. The van der Waals surface area contributed by atoms with Crippen LogP contribution >= 0.6 is 11.3 Å². The number of carbonyl (C=O) groups is 1. The van der Waals surface area contributed by atoms with E-state index in [0.717, 1.165) is 29.5 Å². The maximum absolute atomic E-state index is 13.5. The molecule has 1 aromatic carbocycles. The summed E-state index contributed by atoms with van der Waals surface area (Å²) in [5, 5.41) is 0.260. The third kappa shape index (κ3) is 1.86. The average molecular weight is 239 g/mol. The van der Waals surface area contributed by atoms with Gasteiger partial charge in [0.15, 0.2) is 11.3 Å². The minimum Gasteiger partial charge on any atom is -0.295 e. The zero-order chi connectivity index (χ0) is 11.7. The van der Waals surface area contributed by atoms with E-state index in [1.807, 2.05) is 0 Å². The molecule has 2 aromatic rings. The van der Waals surface area contributed by atoms with Gasteiger partial charge in [0.05, 0.1) is 5.69 Å². The minimum absolute atomic E-state index is 0.0850. The fourth-order valence-corrected chi connectivity index (χ4v) is 2.15. The van der Waals surface area contributed by atoms with Gasteiger partial charge in [-0.25, -0.2) is 13.8 Å². The van der Waals surface area contributed by atoms with Crippen LogP contribution in [0.2, 0.25) is 0 Å². The third-order valence-corrected chi connectivity index (χ3v) is 2.99. The van der Waals surface area contributed by atoms with E-state index in [1.165, 1.54) is 0 Å². The lowest BCUT2D eigenvalue weighted by atomic mass is 10.1. The SMILES string of the molecule is Cc1sc(C=O)nc1-c1cc(F)ccc1F. The summed E-state index contributed by atoms with van der Waals surface area (Å²) >= 11 is 1.16. The standard InChI is InChI=1S/C11H7F2NOS/c1-6-11(14-10(5-15)16-6)8-4-7(12)2-3-9(8)13/h2-5H,1H3. The number of benzene rings is 1. The lowest BCUT2D eigenvalue weighted by Gasteiger charge is -2.00. The maximum Gasteiger partial charge on any atom is 0.178 e. The molecule has 1 aromatic heterocycles. The number of aldehydes is 1. The van der Waals surface area contributed by atoms with Crippen LogP contribution < -0.4 is 0 Å². The second-order valence-electron chi connectivity index (χ2n) is 3.20. The van der Waals surface area contributed by atoms with E-state index in [-0.39, 0.29) is 10.6 Å². The first kappa shape index (κ1) is 10.9. The first-order valence-electron chi connectivity index (χ1n) is 4.50. The fraction of sp³-hybridized carbons (Fsp3) is 0.0909. The highest BCUT2D eigenvalue weighted by molar-refractivity contribution is 7.13. The smallest absolute Gasteiger partial charge is 0.178 e. The zero-order valence-corrected chi connectivity index (χ0v) is 9.15. The molecule has 82 valence electrons. The van der Waals surface area contributed by atoms with E-state index >= 15 is 0 Å². The number of thiazole rings is 1. The van der Waals surface area contributed by atoms with Crippen molar-refractivity contribution in [1.82, 2.24) is 4.98 Å². The first-order valence-corrected chi connectivity index (χ1v) is 5.31. The van der Waals surface area contributed by atoms with E-state index in [4.69, 9.17) is 0 Å². The van der Waals surface area contributed by atoms with Gasteiger partial charge in [0.2, 0.25) is 0 Å². The van der Waals surface area contributed by atoms with Gasteiger partial charge in [0.1, 0.15) is 11.6 Å². The van der Waals surface area contributed by atoms with Crippen molar-refractivity contribution in [3.05, 3.63) is 39.7 Å². The molecule has 0 atom stereocenters. The Balaban J connectivity index is 2.61. The largest absolute Gasteiger partial charge is 0.295 e. The predicted octanol–water partition coefficient (Wildman–Crippen LogP) is 3.21. The van der Waals surface area contributed by atoms with Crippen molar-refractivity contribution in [3.8, 4) is 11.3 Å². The van der Waals surface area contributed by atoms with Gasteiger partial charge < -0.3 is 0 Å². The van der Waals surface area contributed by atoms with Gasteiger partial charge in [-0.15, -0.1) is 11.3 Å². The number of aromatic nitrogens is 1. The van der Waals surface area contributed by atoms with Crippen LogP contribution in [-0.2, 0) is 0 Å². The second kappa shape index (κ2) is 4.09. The highest BCUT2D eigenvalue weighted by atomic mass is 32.1. The number of hydrogen-bond donors (Lipinski definition) is 0. The molecule has 1 heterocycles. The van der Waals surface area contributed by atoms with Gasteiger partial charge in [0.25, 0.3) is 0 Å². The van der Waals surface area contributed by atoms with Gasteiger partial charge in [0, 0.05) is 10.4 Å². The van der Waals surface area contributed by atoms with Crippen molar-refractivity contribution in [2.24, 2.45) is 0 Å². The highest BCUT2D eigenvalue weighted by Gasteiger charge is 2.14. The van der Waals surface area contributed by atoms with Gasteiger partial charge in [-0.1, -0.05) is 0 Å². The first-order chi connectivity index (χ1) is 7.61. The molecule has 0 spiro atoms. The number of aryl methyl sites for hydroxylation is 1. The molecule has 0 radical (unpaired) electrons. The molecule has 0 aliphatic heterocycles. The zero-order valence-electron chi connectivity index (χ0n) is 8.33. The number of halogens is 2. The van der Waals surface area contributed by atoms with Crippen molar-refractivity contribution in [2.45, 2.75) is 6.92 Å². The quantitative estimate of drug-likeness (QED) is 0.753. The normalized spacial score (nSPS) is 10.4.